The Morgan fingerprint density at radius 3 is 2.92 bits per heavy atom. The number of hydrogen-bond donors (Lipinski definition) is 1. The van der Waals surface area contributed by atoms with Gasteiger partial charge in [-0.15, -0.1) is 0 Å². The van der Waals surface area contributed by atoms with E-state index in [1.54, 1.807) is 11.9 Å². The molecule has 9 heteroatoms. The minimum absolute atomic E-state index is 0.117. The van der Waals surface area contributed by atoms with Crippen LogP contribution in [-0.2, 0) is 17.8 Å². The van der Waals surface area contributed by atoms with E-state index >= 15 is 0 Å². The zero-order valence-corrected chi connectivity index (χ0v) is 16.3. The molecule has 4 rings (SSSR count). The molecule has 26 heavy (non-hydrogen) atoms. The zero-order chi connectivity index (χ0) is 18.3. The highest BCUT2D eigenvalue weighted by Gasteiger charge is 2.38. The molecule has 0 saturated carbocycles. The monoisotopic (exact) mass is 398 g/mol. The smallest absolute Gasteiger partial charge is 0.129 e. The summed E-state index contributed by atoms with van der Waals surface area (Å²) < 4.78 is 35.6. The summed E-state index contributed by atoms with van der Waals surface area (Å²) in [5, 5.41) is 7.70. The van der Waals surface area contributed by atoms with Crippen LogP contribution in [0.25, 0.3) is 0 Å². The zero-order valence-electron chi connectivity index (χ0n) is 14.4. The van der Waals surface area contributed by atoms with Crippen LogP contribution in [0.1, 0.15) is 29.3 Å². The molecule has 1 aromatic heterocycles. The van der Waals surface area contributed by atoms with Gasteiger partial charge in [0.05, 0.1) is 12.3 Å². The van der Waals surface area contributed by atoms with E-state index in [2.05, 4.69) is 30.7 Å². The SMILES string of the molecule is CSn1cc2c(n1)CN(C1CO[C@H](c3cc(F)ccc3F)C(NP)C1)C2. The van der Waals surface area contributed by atoms with E-state index in [0.29, 0.717) is 6.61 Å². The Bertz CT molecular complexity index is 782. The van der Waals surface area contributed by atoms with Gasteiger partial charge in [0.15, 0.2) is 0 Å². The number of ether oxygens (including phenoxy) is 1. The molecule has 0 spiro atoms. The summed E-state index contributed by atoms with van der Waals surface area (Å²) in [4.78, 5) is 2.34. The number of halogens is 2. The molecule has 2 aromatic rings. The molecule has 3 unspecified atom stereocenters. The maximum absolute atomic E-state index is 14.2. The van der Waals surface area contributed by atoms with E-state index in [1.807, 2.05) is 10.3 Å². The van der Waals surface area contributed by atoms with Gasteiger partial charge in [0.1, 0.15) is 17.7 Å². The van der Waals surface area contributed by atoms with Gasteiger partial charge in [0, 0.05) is 48.8 Å². The molecule has 1 saturated heterocycles. The lowest BCUT2D eigenvalue weighted by Crippen LogP contribution is -2.47. The topological polar surface area (TPSA) is 42.3 Å². The van der Waals surface area contributed by atoms with Crippen molar-refractivity contribution in [2.75, 3.05) is 12.9 Å². The van der Waals surface area contributed by atoms with Crippen LogP contribution in [-0.4, -0.2) is 39.0 Å². The first-order valence-electron chi connectivity index (χ1n) is 8.47. The number of nitrogens with zero attached hydrogens (tertiary/aromatic N) is 3. The largest absolute Gasteiger partial charge is 0.370 e. The second-order valence-electron chi connectivity index (χ2n) is 6.67. The second-order valence-corrected chi connectivity index (χ2v) is 7.75. The average Bonchev–Trinajstić information content (AvgIpc) is 3.22. The van der Waals surface area contributed by atoms with E-state index in [-0.39, 0.29) is 17.6 Å². The van der Waals surface area contributed by atoms with Crippen molar-refractivity contribution in [1.82, 2.24) is 19.2 Å². The van der Waals surface area contributed by atoms with E-state index in [4.69, 9.17) is 4.74 Å². The Kier molecular flexibility index (Phi) is 5.30. The highest BCUT2D eigenvalue weighted by Crippen LogP contribution is 2.35. The first-order chi connectivity index (χ1) is 12.6. The lowest BCUT2D eigenvalue weighted by Gasteiger charge is -2.40. The highest BCUT2D eigenvalue weighted by molar-refractivity contribution is 7.97. The number of hydrogen-bond acceptors (Lipinski definition) is 5. The van der Waals surface area contributed by atoms with Crippen LogP contribution in [0.15, 0.2) is 24.4 Å². The van der Waals surface area contributed by atoms with Gasteiger partial charge in [0.25, 0.3) is 0 Å². The summed E-state index contributed by atoms with van der Waals surface area (Å²) in [6.07, 6.45) is 4.34. The first kappa shape index (κ1) is 18.3. The van der Waals surface area contributed by atoms with Crippen LogP contribution < -0.4 is 5.09 Å². The van der Waals surface area contributed by atoms with Crippen molar-refractivity contribution in [3.05, 3.63) is 52.9 Å². The molecule has 0 amide bonds. The van der Waals surface area contributed by atoms with Gasteiger partial charge in [0.2, 0.25) is 0 Å². The molecule has 0 bridgehead atoms. The van der Waals surface area contributed by atoms with Gasteiger partial charge in [-0.1, -0.05) is 9.39 Å². The van der Waals surface area contributed by atoms with Crippen molar-refractivity contribution in [3.63, 3.8) is 0 Å². The molecule has 1 N–H and O–H groups in total. The molecule has 140 valence electrons. The van der Waals surface area contributed by atoms with Gasteiger partial charge in [-0.25, -0.2) is 12.9 Å². The predicted octanol–water partition coefficient (Wildman–Crippen LogP) is 2.88. The standard InChI is InChI=1S/C17H21F2N4OPS/c1-26-23-7-10-6-22(8-16(10)20-23)12-5-15(21-25)17(24-9-12)13-4-11(18)2-3-14(13)19/h2-4,7,12,15,17,21H,5-6,8-9,25H2,1H3/t12?,15?,17-/m1/s1. The van der Waals surface area contributed by atoms with Crippen LogP contribution in [0.3, 0.4) is 0 Å². The van der Waals surface area contributed by atoms with Crippen molar-refractivity contribution in [2.24, 2.45) is 0 Å². The summed E-state index contributed by atoms with van der Waals surface area (Å²) in [6, 6.07) is 3.60. The second kappa shape index (κ2) is 7.52. The molecule has 5 nitrogen and oxygen atoms in total. The Labute approximate surface area is 157 Å². The van der Waals surface area contributed by atoms with E-state index in [0.717, 1.165) is 37.3 Å². The Balaban J connectivity index is 1.47. The van der Waals surface area contributed by atoms with Crippen LogP contribution in [0.2, 0.25) is 0 Å². The summed E-state index contributed by atoms with van der Waals surface area (Å²) in [6.45, 7) is 2.11. The lowest BCUT2D eigenvalue weighted by molar-refractivity contribution is -0.0564. The lowest BCUT2D eigenvalue weighted by atomic mass is 9.93. The first-order valence-corrected chi connectivity index (χ1v) is 10.2. The molecule has 4 atom stereocenters. The third kappa shape index (κ3) is 3.41. The number of benzene rings is 1. The Hall–Kier alpha value is -1.05. The third-order valence-electron chi connectivity index (χ3n) is 5.12. The summed E-state index contributed by atoms with van der Waals surface area (Å²) >= 11 is 1.58. The van der Waals surface area contributed by atoms with Gasteiger partial charge in [-0.3, -0.25) is 9.99 Å². The highest BCUT2D eigenvalue weighted by atomic mass is 32.2. The number of rotatable bonds is 4. The summed E-state index contributed by atoms with van der Waals surface area (Å²) in [5.74, 6) is -0.891. The van der Waals surface area contributed by atoms with Crippen molar-refractivity contribution in [1.29, 1.82) is 0 Å². The molecule has 1 aromatic carbocycles. The maximum Gasteiger partial charge on any atom is 0.129 e. The van der Waals surface area contributed by atoms with Crippen LogP contribution in [0.4, 0.5) is 8.78 Å². The fourth-order valence-electron chi connectivity index (χ4n) is 3.77. The van der Waals surface area contributed by atoms with Crippen molar-refractivity contribution in [2.45, 2.75) is 37.7 Å². The van der Waals surface area contributed by atoms with Gasteiger partial charge in [-0.05, 0) is 36.6 Å². The summed E-state index contributed by atoms with van der Waals surface area (Å²) in [7, 11) is 2.48. The van der Waals surface area contributed by atoms with Crippen LogP contribution in [0.5, 0.6) is 0 Å². The molecule has 2 aliphatic heterocycles. The normalized spacial score (nSPS) is 26.2. The Morgan fingerprint density at radius 1 is 1.35 bits per heavy atom. The predicted molar refractivity (Wildman–Crippen MR) is 100 cm³/mol. The molecule has 1 fully saturated rings. The average molecular weight is 398 g/mol. The van der Waals surface area contributed by atoms with Crippen LogP contribution >= 0.6 is 21.3 Å². The van der Waals surface area contributed by atoms with Crippen molar-refractivity contribution >= 4 is 21.3 Å². The number of nitrogens with one attached hydrogen (secondary N) is 1. The number of aromatic nitrogens is 2. The van der Waals surface area contributed by atoms with Gasteiger partial charge in [-0.2, -0.15) is 5.10 Å². The fraction of sp³-hybridized carbons (Fsp3) is 0.471. The van der Waals surface area contributed by atoms with Crippen LogP contribution in [0, 0.1) is 11.6 Å². The maximum atomic E-state index is 14.2. The molecule has 2 aliphatic rings. The molecular weight excluding hydrogens is 377 g/mol. The molecule has 0 aliphatic carbocycles. The Morgan fingerprint density at radius 2 is 2.19 bits per heavy atom. The molecule has 3 heterocycles. The molecule has 0 radical (unpaired) electrons. The summed E-state index contributed by atoms with van der Waals surface area (Å²) in [5.41, 5.74) is 2.62. The quantitative estimate of drug-likeness (QED) is 0.803. The van der Waals surface area contributed by atoms with Crippen molar-refractivity contribution in [3.8, 4) is 0 Å². The van der Waals surface area contributed by atoms with Gasteiger partial charge < -0.3 is 4.74 Å². The third-order valence-corrected chi connectivity index (χ3v) is 6.11. The minimum Gasteiger partial charge on any atom is -0.370 e. The van der Waals surface area contributed by atoms with Crippen molar-refractivity contribution < 1.29 is 13.5 Å². The van der Waals surface area contributed by atoms with E-state index < -0.39 is 17.7 Å². The molecular formula is C17H21F2N4OPS. The van der Waals surface area contributed by atoms with Gasteiger partial charge >= 0.3 is 0 Å². The fourth-order valence-corrected chi connectivity index (χ4v) is 4.49. The van der Waals surface area contributed by atoms with E-state index in [1.165, 1.54) is 11.6 Å². The van der Waals surface area contributed by atoms with E-state index in [9.17, 15) is 8.78 Å². The number of fused-ring (bicyclic) bond motifs is 1. The minimum atomic E-state index is -0.509.